The van der Waals surface area contributed by atoms with Gasteiger partial charge in [0.1, 0.15) is 11.6 Å². The van der Waals surface area contributed by atoms with Crippen LogP contribution in [0.5, 0.6) is 0 Å². The Balaban J connectivity index is 1.92. The van der Waals surface area contributed by atoms with Gasteiger partial charge in [-0.25, -0.2) is 4.79 Å². The molecule has 7 heteroatoms. The molecule has 4 atom stereocenters. The van der Waals surface area contributed by atoms with Crippen molar-refractivity contribution in [2.75, 3.05) is 12.4 Å². The number of esters is 1. The van der Waals surface area contributed by atoms with Crippen LogP contribution in [0.15, 0.2) is 0 Å². The molecule has 2 fully saturated rings. The summed E-state index contributed by atoms with van der Waals surface area (Å²) in [5.41, 5.74) is -0.605. The highest BCUT2D eigenvalue weighted by Crippen LogP contribution is 2.48. The van der Waals surface area contributed by atoms with Crippen molar-refractivity contribution in [1.29, 1.82) is 0 Å². The maximum atomic E-state index is 12.2. The molecule has 1 aliphatic carbocycles. The van der Waals surface area contributed by atoms with Crippen LogP contribution in [0.3, 0.4) is 0 Å². The van der Waals surface area contributed by atoms with Crippen molar-refractivity contribution < 1.29 is 23.9 Å². The molecule has 1 amide bonds. The zero-order valence-electron chi connectivity index (χ0n) is 12.7. The Bertz CT molecular complexity index is 459. The second-order valence-corrected chi connectivity index (χ2v) is 7.42. The third kappa shape index (κ3) is 3.33. The number of rotatable bonds is 3. The standard InChI is InChI=1S/C14H21NO5S/c1-5-19-12(17)7-6-21-11-8(7)10(16)9(11)15-13(18)20-14(2,3)4/h7-9,11H,5-6H2,1-4H3,(H,15,18)/t7-,8-,9+,11-/m0/s1. The summed E-state index contributed by atoms with van der Waals surface area (Å²) in [4.78, 5) is 35.7. The van der Waals surface area contributed by atoms with E-state index in [2.05, 4.69) is 5.32 Å². The molecule has 0 aromatic carbocycles. The zero-order valence-corrected chi connectivity index (χ0v) is 13.5. The van der Waals surface area contributed by atoms with Crippen LogP contribution in [0.1, 0.15) is 27.7 Å². The molecule has 0 aromatic rings. The molecule has 0 aromatic heterocycles. The molecular formula is C14H21NO5S. The highest BCUT2D eigenvalue weighted by molar-refractivity contribution is 8.00. The van der Waals surface area contributed by atoms with Crippen molar-refractivity contribution in [3.05, 3.63) is 0 Å². The molecule has 21 heavy (non-hydrogen) atoms. The van der Waals surface area contributed by atoms with Crippen LogP contribution in [-0.4, -0.2) is 47.1 Å². The van der Waals surface area contributed by atoms with Crippen LogP contribution >= 0.6 is 11.8 Å². The Kier molecular flexibility index (Phi) is 4.51. The summed E-state index contributed by atoms with van der Waals surface area (Å²) in [6.45, 7) is 7.34. The van der Waals surface area contributed by atoms with Crippen molar-refractivity contribution >= 4 is 29.6 Å². The number of hydrogen-bond donors (Lipinski definition) is 1. The summed E-state index contributed by atoms with van der Waals surface area (Å²) in [6.07, 6.45) is -0.598. The van der Waals surface area contributed by atoms with Crippen LogP contribution < -0.4 is 5.32 Å². The molecule has 118 valence electrons. The number of carbonyl (C=O) groups excluding carboxylic acids is 3. The molecule has 2 rings (SSSR count). The predicted octanol–water partition coefficient (Wildman–Crippen LogP) is 1.37. The SMILES string of the molecule is CCOC(=O)[C@H]1CS[C@H]2[C@@H]1C(=O)[C@H]2NC(=O)OC(C)(C)C. The molecular weight excluding hydrogens is 294 g/mol. The second kappa shape index (κ2) is 5.87. The molecule has 6 nitrogen and oxygen atoms in total. The van der Waals surface area contributed by atoms with Crippen molar-refractivity contribution in [3.63, 3.8) is 0 Å². The van der Waals surface area contributed by atoms with Crippen molar-refractivity contribution in [1.82, 2.24) is 5.32 Å². The lowest BCUT2D eigenvalue weighted by Gasteiger charge is -2.39. The van der Waals surface area contributed by atoms with Gasteiger partial charge in [-0.2, -0.15) is 11.8 Å². The van der Waals surface area contributed by atoms with Crippen LogP contribution in [0.25, 0.3) is 0 Å². The molecule has 1 saturated carbocycles. The third-order valence-corrected chi connectivity index (χ3v) is 4.98. The number of ketones is 1. The number of nitrogens with one attached hydrogen (secondary N) is 1. The van der Waals surface area contributed by atoms with E-state index in [1.54, 1.807) is 27.7 Å². The van der Waals surface area contributed by atoms with Gasteiger partial charge >= 0.3 is 12.1 Å². The van der Waals surface area contributed by atoms with E-state index in [1.165, 1.54) is 11.8 Å². The van der Waals surface area contributed by atoms with Gasteiger partial charge in [0.2, 0.25) is 0 Å². The smallest absolute Gasteiger partial charge is 0.408 e. The third-order valence-electron chi connectivity index (χ3n) is 3.48. The fourth-order valence-electron chi connectivity index (χ4n) is 2.62. The Morgan fingerprint density at radius 1 is 1.38 bits per heavy atom. The molecule has 2 aliphatic rings. The molecule has 0 radical (unpaired) electrons. The lowest BCUT2D eigenvalue weighted by Crippen LogP contribution is -2.63. The maximum absolute atomic E-state index is 12.2. The molecule has 1 aliphatic heterocycles. The first kappa shape index (κ1) is 16.1. The zero-order chi connectivity index (χ0) is 15.8. The van der Waals surface area contributed by atoms with Crippen LogP contribution in [0, 0.1) is 11.8 Å². The lowest BCUT2D eigenvalue weighted by molar-refractivity contribution is -0.153. The van der Waals surface area contributed by atoms with E-state index in [9.17, 15) is 14.4 Å². The number of Topliss-reactive ketones (excluding diaryl/α,β-unsaturated/α-hetero) is 1. The Hall–Kier alpha value is -1.24. The topological polar surface area (TPSA) is 81.7 Å². The van der Waals surface area contributed by atoms with Gasteiger partial charge in [0.05, 0.1) is 12.5 Å². The predicted molar refractivity (Wildman–Crippen MR) is 78.0 cm³/mol. The van der Waals surface area contributed by atoms with Crippen molar-refractivity contribution in [2.45, 2.75) is 44.6 Å². The fourth-order valence-corrected chi connectivity index (χ4v) is 4.32. The summed E-state index contributed by atoms with van der Waals surface area (Å²) in [5.74, 6) is -0.583. The highest BCUT2D eigenvalue weighted by atomic mass is 32.2. The van der Waals surface area contributed by atoms with Gasteiger partial charge in [-0.15, -0.1) is 0 Å². The number of carbonyl (C=O) groups is 3. The lowest BCUT2D eigenvalue weighted by atomic mass is 9.71. The minimum atomic E-state index is -0.605. The first-order chi connectivity index (χ1) is 9.74. The van der Waals surface area contributed by atoms with E-state index in [0.717, 1.165) is 0 Å². The normalized spacial score (nSPS) is 31.1. The first-order valence-electron chi connectivity index (χ1n) is 7.06. The summed E-state index contributed by atoms with van der Waals surface area (Å²) >= 11 is 1.53. The summed E-state index contributed by atoms with van der Waals surface area (Å²) < 4.78 is 10.1. The molecule has 0 unspecified atom stereocenters. The number of fused-ring (bicyclic) bond motifs is 1. The summed E-state index contributed by atoms with van der Waals surface area (Å²) in [5, 5.41) is 2.55. The maximum Gasteiger partial charge on any atom is 0.408 e. The van der Waals surface area contributed by atoms with E-state index in [1.807, 2.05) is 0 Å². The van der Waals surface area contributed by atoms with Gasteiger partial charge in [0, 0.05) is 16.9 Å². The minimum Gasteiger partial charge on any atom is -0.466 e. The Morgan fingerprint density at radius 2 is 2.05 bits per heavy atom. The average Bonchev–Trinajstić information content (AvgIpc) is 2.74. The van der Waals surface area contributed by atoms with Gasteiger partial charge in [-0.05, 0) is 27.7 Å². The molecule has 0 bridgehead atoms. The summed E-state index contributed by atoms with van der Waals surface area (Å²) in [7, 11) is 0. The van der Waals surface area contributed by atoms with E-state index < -0.39 is 17.7 Å². The average molecular weight is 315 g/mol. The molecule has 1 heterocycles. The van der Waals surface area contributed by atoms with Gasteiger partial charge in [0.25, 0.3) is 0 Å². The number of amides is 1. The molecule has 0 spiro atoms. The van der Waals surface area contributed by atoms with Gasteiger partial charge in [0.15, 0.2) is 5.78 Å². The number of alkyl carbamates (subject to hydrolysis) is 1. The van der Waals surface area contributed by atoms with Gasteiger partial charge in [-0.1, -0.05) is 0 Å². The van der Waals surface area contributed by atoms with Crippen LogP contribution in [0.2, 0.25) is 0 Å². The van der Waals surface area contributed by atoms with E-state index in [4.69, 9.17) is 9.47 Å². The molecule has 1 saturated heterocycles. The largest absolute Gasteiger partial charge is 0.466 e. The quantitative estimate of drug-likeness (QED) is 0.792. The van der Waals surface area contributed by atoms with E-state index >= 15 is 0 Å². The monoisotopic (exact) mass is 315 g/mol. The van der Waals surface area contributed by atoms with Gasteiger partial charge in [-0.3, -0.25) is 9.59 Å². The number of thioether (sulfide) groups is 1. The van der Waals surface area contributed by atoms with Crippen molar-refractivity contribution in [3.8, 4) is 0 Å². The van der Waals surface area contributed by atoms with E-state index in [-0.39, 0.29) is 28.8 Å². The van der Waals surface area contributed by atoms with Crippen LogP contribution in [0.4, 0.5) is 4.79 Å². The Morgan fingerprint density at radius 3 is 2.62 bits per heavy atom. The molecule has 1 N–H and O–H groups in total. The second-order valence-electron chi connectivity index (χ2n) is 6.21. The fraction of sp³-hybridized carbons (Fsp3) is 0.786. The summed E-state index contributed by atoms with van der Waals surface area (Å²) in [6, 6.07) is -0.561. The first-order valence-corrected chi connectivity index (χ1v) is 8.11. The number of hydrogen-bond acceptors (Lipinski definition) is 6. The minimum absolute atomic E-state index is 0.0561. The van der Waals surface area contributed by atoms with E-state index in [0.29, 0.717) is 12.4 Å². The highest BCUT2D eigenvalue weighted by Gasteiger charge is 2.60. The number of ether oxygens (including phenoxy) is 2. The van der Waals surface area contributed by atoms with Crippen LogP contribution in [-0.2, 0) is 19.1 Å². The van der Waals surface area contributed by atoms with Crippen molar-refractivity contribution in [2.24, 2.45) is 11.8 Å². The Labute approximate surface area is 128 Å². The van der Waals surface area contributed by atoms with Gasteiger partial charge < -0.3 is 14.8 Å².